The molecule has 1 unspecified atom stereocenters. The third-order valence-corrected chi connectivity index (χ3v) is 3.68. The Balaban J connectivity index is 1.96. The van der Waals surface area contributed by atoms with Gasteiger partial charge in [0, 0.05) is 25.6 Å². The van der Waals surface area contributed by atoms with Gasteiger partial charge in [0.1, 0.15) is 6.54 Å². The Hall–Kier alpha value is -2.57. The van der Waals surface area contributed by atoms with Gasteiger partial charge in [0.15, 0.2) is 0 Å². The molecule has 0 bridgehead atoms. The molecule has 0 aromatic heterocycles. The quantitative estimate of drug-likeness (QED) is 0.715. The van der Waals surface area contributed by atoms with E-state index < -0.39 is 5.97 Å². The molecule has 1 heterocycles. The Kier molecular flexibility index (Phi) is 5.96. The van der Waals surface area contributed by atoms with E-state index in [-0.39, 0.29) is 30.9 Å². The molecule has 0 aliphatic carbocycles. The number of hydrogen-bond acceptors (Lipinski definition) is 3. The van der Waals surface area contributed by atoms with E-state index in [0.29, 0.717) is 25.9 Å². The molecule has 0 spiro atoms. The van der Waals surface area contributed by atoms with E-state index in [4.69, 9.17) is 5.11 Å². The van der Waals surface area contributed by atoms with E-state index in [1.807, 2.05) is 30.3 Å². The van der Waals surface area contributed by atoms with E-state index in [2.05, 4.69) is 10.6 Å². The number of aliphatic carboxylic acids is 1. The number of carboxylic acid groups (broad SMARTS) is 1. The highest BCUT2D eigenvalue weighted by molar-refractivity contribution is 5.85. The molecule has 3 amide bonds. The van der Waals surface area contributed by atoms with Crippen molar-refractivity contribution >= 4 is 17.9 Å². The maximum atomic E-state index is 12.3. The Morgan fingerprint density at radius 3 is 2.70 bits per heavy atom. The Labute approximate surface area is 134 Å². The van der Waals surface area contributed by atoms with E-state index in [1.54, 1.807) is 0 Å². The van der Waals surface area contributed by atoms with Crippen LogP contribution in [-0.2, 0) is 16.0 Å². The van der Waals surface area contributed by atoms with Gasteiger partial charge in [0.2, 0.25) is 5.91 Å². The summed E-state index contributed by atoms with van der Waals surface area (Å²) in [6, 6.07) is 8.97. The third-order valence-electron chi connectivity index (χ3n) is 3.68. The normalized spacial score (nSPS) is 15.7. The van der Waals surface area contributed by atoms with E-state index in [1.165, 1.54) is 4.90 Å². The number of hydrogen-bond donors (Lipinski definition) is 3. The molecule has 1 fully saturated rings. The van der Waals surface area contributed by atoms with Gasteiger partial charge in [-0.1, -0.05) is 30.3 Å². The summed E-state index contributed by atoms with van der Waals surface area (Å²) in [6.45, 7) is 0.919. The molecule has 7 nitrogen and oxygen atoms in total. The highest BCUT2D eigenvalue weighted by Gasteiger charge is 2.23. The smallest absolute Gasteiger partial charge is 0.318 e. The minimum absolute atomic E-state index is 0.0156. The van der Waals surface area contributed by atoms with E-state index in [0.717, 1.165) is 5.56 Å². The van der Waals surface area contributed by atoms with Crippen molar-refractivity contribution in [3.63, 3.8) is 0 Å². The van der Waals surface area contributed by atoms with Crippen molar-refractivity contribution in [1.29, 1.82) is 0 Å². The fraction of sp³-hybridized carbons (Fsp3) is 0.438. The molecular weight excluding hydrogens is 298 g/mol. The number of carbonyl (C=O) groups is 3. The lowest BCUT2D eigenvalue weighted by atomic mass is 10.0. The van der Waals surface area contributed by atoms with Gasteiger partial charge in [0.05, 0.1) is 0 Å². The standard InChI is InChI=1S/C16H21N3O4/c20-14-11-19(9-8-17-14)16(23)18-13(6-7-15(21)22)10-12-4-2-1-3-5-12/h1-5,13H,6-11H2,(H,17,20)(H,18,23)(H,21,22). The lowest BCUT2D eigenvalue weighted by Gasteiger charge is -2.29. The summed E-state index contributed by atoms with van der Waals surface area (Å²) in [4.78, 5) is 35.9. The minimum atomic E-state index is -0.894. The zero-order valence-corrected chi connectivity index (χ0v) is 12.8. The molecule has 0 radical (unpaired) electrons. The Morgan fingerprint density at radius 2 is 2.04 bits per heavy atom. The van der Waals surface area contributed by atoms with Gasteiger partial charge in [0.25, 0.3) is 0 Å². The number of urea groups is 1. The summed E-state index contributed by atoms with van der Waals surface area (Å²) in [7, 11) is 0. The van der Waals surface area contributed by atoms with Crippen molar-refractivity contribution in [3.8, 4) is 0 Å². The lowest BCUT2D eigenvalue weighted by molar-refractivity contribution is -0.137. The minimum Gasteiger partial charge on any atom is -0.481 e. The summed E-state index contributed by atoms with van der Waals surface area (Å²) in [6.07, 6.45) is 0.883. The maximum absolute atomic E-state index is 12.3. The highest BCUT2D eigenvalue weighted by Crippen LogP contribution is 2.09. The second-order valence-electron chi connectivity index (χ2n) is 5.54. The lowest BCUT2D eigenvalue weighted by Crippen LogP contribution is -2.54. The van der Waals surface area contributed by atoms with Crippen LogP contribution in [-0.4, -0.2) is 53.6 Å². The van der Waals surface area contributed by atoms with Crippen LogP contribution in [0.1, 0.15) is 18.4 Å². The third kappa shape index (κ3) is 5.61. The predicted octanol–water partition coefficient (Wildman–Crippen LogP) is 0.604. The van der Waals surface area contributed by atoms with E-state index >= 15 is 0 Å². The van der Waals surface area contributed by atoms with Gasteiger partial charge in [-0.3, -0.25) is 9.59 Å². The summed E-state index contributed by atoms with van der Waals surface area (Å²) in [5.74, 6) is -1.08. The second kappa shape index (κ2) is 8.17. The summed E-state index contributed by atoms with van der Waals surface area (Å²) in [5.41, 5.74) is 1.03. The molecule has 2 rings (SSSR count). The second-order valence-corrected chi connectivity index (χ2v) is 5.54. The number of nitrogens with zero attached hydrogens (tertiary/aromatic N) is 1. The Morgan fingerprint density at radius 1 is 1.30 bits per heavy atom. The summed E-state index contributed by atoms with van der Waals surface area (Å²) in [5, 5.41) is 14.4. The number of nitrogens with one attached hydrogen (secondary N) is 2. The highest BCUT2D eigenvalue weighted by atomic mass is 16.4. The number of benzene rings is 1. The van der Waals surface area contributed by atoms with Crippen LogP contribution in [0.15, 0.2) is 30.3 Å². The predicted molar refractivity (Wildman–Crippen MR) is 83.9 cm³/mol. The van der Waals surface area contributed by atoms with Crippen LogP contribution in [0.3, 0.4) is 0 Å². The van der Waals surface area contributed by atoms with Crippen LogP contribution in [0.5, 0.6) is 0 Å². The molecule has 23 heavy (non-hydrogen) atoms. The number of carbonyl (C=O) groups excluding carboxylic acids is 2. The number of piperazine rings is 1. The van der Waals surface area contributed by atoms with Crippen LogP contribution in [0.25, 0.3) is 0 Å². The molecule has 1 atom stereocenters. The SMILES string of the molecule is O=C(O)CCC(Cc1ccccc1)NC(=O)N1CCNC(=O)C1. The molecule has 0 saturated carbocycles. The summed E-state index contributed by atoms with van der Waals surface area (Å²) < 4.78 is 0. The largest absolute Gasteiger partial charge is 0.481 e. The fourth-order valence-electron chi connectivity index (χ4n) is 2.50. The zero-order valence-electron chi connectivity index (χ0n) is 12.8. The van der Waals surface area contributed by atoms with Crippen LogP contribution in [0.4, 0.5) is 4.79 Å². The van der Waals surface area contributed by atoms with Crippen molar-refractivity contribution in [2.45, 2.75) is 25.3 Å². The first kappa shape index (κ1) is 16.8. The topological polar surface area (TPSA) is 98.7 Å². The van der Waals surface area contributed by atoms with Gasteiger partial charge >= 0.3 is 12.0 Å². The molecule has 1 aromatic carbocycles. The van der Waals surface area contributed by atoms with E-state index in [9.17, 15) is 14.4 Å². The molecule has 7 heteroatoms. The van der Waals surface area contributed by atoms with Gasteiger partial charge in [-0.25, -0.2) is 4.79 Å². The molecule has 1 aliphatic heterocycles. The first-order valence-electron chi connectivity index (χ1n) is 7.62. The van der Waals surface area contributed by atoms with Gasteiger partial charge in [-0.2, -0.15) is 0 Å². The number of rotatable bonds is 6. The molecule has 3 N–H and O–H groups in total. The molecule has 124 valence electrons. The van der Waals surface area contributed by atoms with Crippen LogP contribution < -0.4 is 10.6 Å². The molecule has 1 aliphatic rings. The van der Waals surface area contributed by atoms with Crippen molar-refractivity contribution < 1.29 is 19.5 Å². The number of amides is 3. The van der Waals surface area contributed by atoms with Crippen molar-refractivity contribution in [2.75, 3.05) is 19.6 Å². The van der Waals surface area contributed by atoms with Crippen molar-refractivity contribution in [3.05, 3.63) is 35.9 Å². The van der Waals surface area contributed by atoms with Crippen LogP contribution >= 0.6 is 0 Å². The zero-order chi connectivity index (χ0) is 16.7. The van der Waals surface area contributed by atoms with Crippen molar-refractivity contribution in [2.24, 2.45) is 0 Å². The molecular formula is C16H21N3O4. The van der Waals surface area contributed by atoms with Gasteiger partial charge in [-0.05, 0) is 18.4 Å². The van der Waals surface area contributed by atoms with Crippen LogP contribution in [0, 0.1) is 0 Å². The first-order valence-corrected chi connectivity index (χ1v) is 7.62. The monoisotopic (exact) mass is 319 g/mol. The average molecular weight is 319 g/mol. The van der Waals surface area contributed by atoms with Crippen molar-refractivity contribution in [1.82, 2.24) is 15.5 Å². The number of carboxylic acids is 1. The average Bonchev–Trinajstić information content (AvgIpc) is 2.53. The fourth-order valence-corrected chi connectivity index (χ4v) is 2.50. The Bertz CT molecular complexity index is 562. The van der Waals surface area contributed by atoms with Crippen LogP contribution in [0.2, 0.25) is 0 Å². The summed E-state index contributed by atoms with van der Waals surface area (Å²) >= 11 is 0. The van der Waals surface area contributed by atoms with Gasteiger partial charge in [-0.15, -0.1) is 0 Å². The first-order chi connectivity index (χ1) is 11.0. The molecule has 1 saturated heterocycles. The maximum Gasteiger partial charge on any atom is 0.318 e. The molecule has 1 aromatic rings. The van der Waals surface area contributed by atoms with Gasteiger partial charge < -0.3 is 20.6 Å².